The summed E-state index contributed by atoms with van der Waals surface area (Å²) in [4.78, 5) is 17.8. The minimum atomic E-state index is -3.37. The van der Waals surface area contributed by atoms with E-state index in [0.29, 0.717) is 6.54 Å². The molecular weight excluding hydrogens is 316 g/mol. The SMILES string of the molecule is CN(C)CCCNC(=O)CCN(Cc1ccncc1)S(C)(=O)=O. The Kier molecular flexibility index (Phi) is 8.15. The van der Waals surface area contributed by atoms with Crippen LogP contribution in [0.1, 0.15) is 18.4 Å². The third-order valence-corrected chi connectivity index (χ3v) is 4.52. The van der Waals surface area contributed by atoms with Crippen LogP contribution in [0.4, 0.5) is 0 Å². The van der Waals surface area contributed by atoms with Gasteiger partial charge in [-0.25, -0.2) is 8.42 Å². The van der Waals surface area contributed by atoms with E-state index in [4.69, 9.17) is 0 Å². The second-order valence-electron chi connectivity index (χ2n) is 5.71. The van der Waals surface area contributed by atoms with Gasteiger partial charge in [-0.3, -0.25) is 9.78 Å². The van der Waals surface area contributed by atoms with E-state index < -0.39 is 10.0 Å². The van der Waals surface area contributed by atoms with Crippen molar-refractivity contribution in [2.45, 2.75) is 19.4 Å². The van der Waals surface area contributed by atoms with Gasteiger partial charge in [0.15, 0.2) is 0 Å². The molecule has 1 N–H and O–H groups in total. The van der Waals surface area contributed by atoms with Gasteiger partial charge in [-0.1, -0.05) is 0 Å². The Bertz CT molecular complexity index is 576. The summed E-state index contributed by atoms with van der Waals surface area (Å²) in [6.45, 7) is 1.91. The summed E-state index contributed by atoms with van der Waals surface area (Å²) in [6.07, 6.45) is 5.41. The van der Waals surface area contributed by atoms with Crippen LogP contribution in [0.25, 0.3) is 0 Å². The van der Waals surface area contributed by atoms with E-state index in [1.165, 1.54) is 4.31 Å². The number of nitrogens with one attached hydrogen (secondary N) is 1. The highest BCUT2D eigenvalue weighted by atomic mass is 32.2. The molecule has 8 heteroatoms. The lowest BCUT2D eigenvalue weighted by molar-refractivity contribution is -0.121. The molecule has 0 atom stereocenters. The van der Waals surface area contributed by atoms with Gasteiger partial charge in [0.05, 0.1) is 6.26 Å². The normalized spacial score (nSPS) is 11.9. The van der Waals surface area contributed by atoms with E-state index in [1.54, 1.807) is 24.5 Å². The van der Waals surface area contributed by atoms with Crippen molar-refractivity contribution in [2.75, 3.05) is 40.0 Å². The van der Waals surface area contributed by atoms with E-state index in [0.717, 1.165) is 24.8 Å². The van der Waals surface area contributed by atoms with Gasteiger partial charge < -0.3 is 10.2 Å². The molecule has 1 heterocycles. The van der Waals surface area contributed by atoms with Gasteiger partial charge in [-0.05, 0) is 44.8 Å². The van der Waals surface area contributed by atoms with Crippen LogP contribution in [0, 0.1) is 0 Å². The summed E-state index contributed by atoms with van der Waals surface area (Å²) in [5, 5.41) is 2.81. The number of aromatic nitrogens is 1. The molecule has 1 rings (SSSR count). The average molecular weight is 342 g/mol. The third-order valence-electron chi connectivity index (χ3n) is 3.27. The second-order valence-corrected chi connectivity index (χ2v) is 7.69. The molecule has 0 aliphatic carbocycles. The molecule has 0 saturated heterocycles. The molecule has 0 spiro atoms. The van der Waals surface area contributed by atoms with Gasteiger partial charge in [0.25, 0.3) is 0 Å². The molecular formula is C15H26N4O3S. The maximum atomic E-state index is 11.9. The molecule has 1 amide bonds. The zero-order valence-corrected chi connectivity index (χ0v) is 14.8. The summed E-state index contributed by atoms with van der Waals surface area (Å²) >= 11 is 0. The molecule has 0 unspecified atom stereocenters. The average Bonchev–Trinajstić information content (AvgIpc) is 2.47. The van der Waals surface area contributed by atoms with Crippen LogP contribution in [-0.4, -0.2) is 68.5 Å². The van der Waals surface area contributed by atoms with Crippen LogP contribution < -0.4 is 5.32 Å². The number of nitrogens with zero attached hydrogens (tertiary/aromatic N) is 3. The van der Waals surface area contributed by atoms with Crippen LogP contribution in [0.5, 0.6) is 0 Å². The van der Waals surface area contributed by atoms with Gasteiger partial charge in [0, 0.05) is 38.4 Å². The fraction of sp³-hybridized carbons (Fsp3) is 0.600. The van der Waals surface area contributed by atoms with Crippen LogP contribution >= 0.6 is 0 Å². The number of hydrogen-bond donors (Lipinski definition) is 1. The fourth-order valence-electron chi connectivity index (χ4n) is 1.99. The van der Waals surface area contributed by atoms with Crippen molar-refractivity contribution in [1.29, 1.82) is 0 Å². The van der Waals surface area contributed by atoms with Crippen molar-refractivity contribution in [3.8, 4) is 0 Å². The van der Waals surface area contributed by atoms with E-state index >= 15 is 0 Å². The predicted molar refractivity (Wildman–Crippen MR) is 90.3 cm³/mol. The standard InChI is InChI=1S/C15H26N4O3S/c1-18(2)11-4-8-17-15(20)7-12-19(23(3,21)22)13-14-5-9-16-10-6-14/h5-6,9-10H,4,7-8,11-13H2,1-3H3,(H,17,20). The Hall–Kier alpha value is -1.51. The molecule has 0 saturated carbocycles. The predicted octanol–water partition coefficient (Wildman–Crippen LogP) is 0.301. The van der Waals surface area contributed by atoms with Crippen molar-refractivity contribution in [3.05, 3.63) is 30.1 Å². The van der Waals surface area contributed by atoms with E-state index in [-0.39, 0.29) is 25.4 Å². The lowest BCUT2D eigenvalue weighted by Gasteiger charge is -2.19. The molecule has 130 valence electrons. The highest BCUT2D eigenvalue weighted by Crippen LogP contribution is 2.08. The van der Waals surface area contributed by atoms with Crippen LogP contribution in [0.2, 0.25) is 0 Å². The number of amides is 1. The van der Waals surface area contributed by atoms with Crippen molar-refractivity contribution in [1.82, 2.24) is 19.5 Å². The van der Waals surface area contributed by atoms with Crippen molar-refractivity contribution < 1.29 is 13.2 Å². The van der Waals surface area contributed by atoms with Gasteiger partial charge in [-0.2, -0.15) is 4.31 Å². The monoisotopic (exact) mass is 342 g/mol. The fourth-order valence-corrected chi connectivity index (χ4v) is 2.80. The molecule has 0 aromatic carbocycles. The number of carbonyl (C=O) groups excluding carboxylic acids is 1. The highest BCUT2D eigenvalue weighted by Gasteiger charge is 2.18. The minimum absolute atomic E-state index is 0.132. The van der Waals surface area contributed by atoms with Crippen LogP contribution in [-0.2, 0) is 21.4 Å². The van der Waals surface area contributed by atoms with Crippen LogP contribution in [0.3, 0.4) is 0 Å². The van der Waals surface area contributed by atoms with Gasteiger partial charge >= 0.3 is 0 Å². The maximum absolute atomic E-state index is 11.9. The van der Waals surface area contributed by atoms with E-state index in [9.17, 15) is 13.2 Å². The Morgan fingerprint density at radius 2 is 1.87 bits per heavy atom. The van der Waals surface area contributed by atoms with E-state index in [1.807, 2.05) is 19.0 Å². The Morgan fingerprint density at radius 3 is 2.43 bits per heavy atom. The number of rotatable bonds is 10. The van der Waals surface area contributed by atoms with Crippen molar-refractivity contribution in [3.63, 3.8) is 0 Å². The lowest BCUT2D eigenvalue weighted by atomic mass is 10.2. The Morgan fingerprint density at radius 1 is 1.22 bits per heavy atom. The van der Waals surface area contributed by atoms with Crippen LogP contribution in [0.15, 0.2) is 24.5 Å². The second kappa shape index (κ2) is 9.59. The quantitative estimate of drug-likeness (QED) is 0.619. The highest BCUT2D eigenvalue weighted by molar-refractivity contribution is 7.88. The molecule has 1 aromatic heterocycles. The Balaban J connectivity index is 2.44. The minimum Gasteiger partial charge on any atom is -0.356 e. The summed E-state index contributed by atoms with van der Waals surface area (Å²) in [7, 11) is 0.585. The molecule has 1 aromatic rings. The first-order valence-electron chi connectivity index (χ1n) is 7.54. The largest absolute Gasteiger partial charge is 0.356 e. The molecule has 0 aliphatic heterocycles. The first-order valence-corrected chi connectivity index (χ1v) is 9.39. The number of sulfonamides is 1. The Labute approximate surface area is 138 Å². The number of carbonyl (C=O) groups is 1. The van der Waals surface area contributed by atoms with Gasteiger partial charge in [-0.15, -0.1) is 0 Å². The molecule has 23 heavy (non-hydrogen) atoms. The van der Waals surface area contributed by atoms with Gasteiger partial charge in [0.1, 0.15) is 0 Å². The molecule has 0 fully saturated rings. The summed E-state index contributed by atoms with van der Waals surface area (Å²) < 4.78 is 25.0. The van der Waals surface area contributed by atoms with Crippen molar-refractivity contribution >= 4 is 15.9 Å². The molecule has 0 aliphatic rings. The maximum Gasteiger partial charge on any atom is 0.221 e. The zero-order valence-electron chi connectivity index (χ0n) is 14.0. The summed E-state index contributed by atoms with van der Waals surface area (Å²) in [5.41, 5.74) is 0.844. The number of pyridine rings is 1. The van der Waals surface area contributed by atoms with E-state index in [2.05, 4.69) is 10.3 Å². The first kappa shape index (κ1) is 19.5. The first-order chi connectivity index (χ1) is 10.8. The smallest absolute Gasteiger partial charge is 0.221 e. The number of hydrogen-bond acceptors (Lipinski definition) is 5. The zero-order chi connectivity index (χ0) is 17.3. The summed E-state index contributed by atoms with van der Waals surface area (Å²) in [6, 6.07) is 3.53. The topological polar surface area (TPSA) is 82.6 Å². The van der Waals surface area contributed by atoms with Crippen molar-refractivity contribution in [2.24, 2.45) is 0 Å². The molecule has 7 nitrogen and oxygen atoms in total. The third kappa shape index (κ3) is 8.63. The molecule has 0 bridgehead atoms. The molecule has 0 radical (unpaired) electrons. The summed E-state index contributed by atoms with van der Waals surface area (Å²) in [5.74, 6) is -0.132. The lowest BCUT2D eigenvalue weighted by Crippen LogP contribution is -2.34. The van der Waals surface area contributed by atoms with Gasteiger partial charge in [0.2, 0.25) is 15.9 Å².